The van der Waals surface area contributed by atoms with E-state index in [1.807, 2.05) is 12.2 Å². The highest BCUT2D eigenvalue weighted by Crippen LogP contribution is 2.28. The summed E-state index contributed by atoms with van der Waals surface area (Å²) >= 11 is 0. The molecule has 0 saturated heterocycles. The van der Waals surface area contributed by atoms with Gasteiger partial charge in [-0.3, -0.25) is 9.59 Å². The van der Waals surface area contributed by atoms with Crippen molar-refractivity contribution in [3.05, 3.63) is 12.2 Å². The fourth-order valence-electron chi connectivity index (χ4n) is 3.35. The number of hydrogen-bond donors (Lipinski definition) is 0. The predicted molar refractivity (Wildman–Crippen MR) is 109 cm³/mol. The van der Waals surface area contributed by atoms with Gasteiger partial charge in [0.15, 0.2) is 0 Å². The average molecular weight is 381 g/mol. The summed E-state index contributed by atoms with van der Waals surface area (Å²) in [7, 11) is 0. The zero-order valence-electron chi connectivity index (χ0n) is 17.7. The van der Waals surface area contributed by atoms with E-state index in [1.54, 1.807) is 0 Å². The van der Waals surface area contributed by atoms with Crippen molar-refractivity contribution in [1.82, 2.24) is 0 Å². The van der Waals surface area contributed by atoms with Gasteiger partial charge < -0.3 is 9.47 Å². The number of unbranched alkanes of at least 4 members (excludes halogenated alkanes) is 7. The van der Waals surface area contributed by atoms with E-state index in [2.05, 4.69) is 20.8 Å². The van der Waals surface area contributed by atoms with Gasteiger partial charge in [0, 0.05) is 0 Å². The summed E-state index contributed by atoms with van der Waals surface area (Å²) in [5.41, 5.74) is 0. The van der Waals surface area contributed by atoms with E-state index in [0.717, 1.165) is 19.3 Å². The van der Waals surface area contributed by atoms with Crippen molar-refractivity contribution in [2.45, 2.75) is 91.4 Å². The van der Waals surface area contributed by atoms with Crippen LogP contribution in [0.2, 0.25) is 0 Å². The maximum Gasteiger partial charge on any atom is 0.310 e. The first-order chi connectivity index (χ1) is 13.1. The van der Waals surface area contributed by atoms with Crippen LogP contribution in [-0.2, 0) is 19.1 Å². The van der Waals surface area contributed by atoms with Gasteiger partial charge in [0.2, 0.25) is 0 Å². The van der Waals surface area contributed by atoms with E-state index < -0.39 is 11.8 Å². The lowest BCUT2D eigenvalue weighted by atomic mass is 9.83. The van der Waals surface area contributed by atoms with Crippen LogP contribution in [0.4, 0.5) is 0 Å². The van der Waals surface area contributed by atoms with E-state index in [1.165, 1.54) is 38.5 Å². The second-order valence-corrected chi connectivity index (χ2v) is 8.15. The van der Waals surface area contributed by atoms with E-state index in [9.17, 15) is 9.59 Å². The Morgan fingerprint density at radius 3 is 1.81 bits per heavy atom. The molecular formula is C23H40O4. The third-order valence-corrected chi connectivity index (χ3v) is 5.22. The van der Waals surface area contributed by atoms with Crippen LogP contribution in [0.15, 0.2) is 12.2 Å². The molecule has 0 amide bonds. The summed E-state index contributed by atoms with van der Waals surface area (Å²) in [6.45, 7) is 7.32. The second-order valence-electron chi connectivity index (χ2n) is 8.15. The van der Waals surface area contributed by atoms with Gasteiger partial charge in [-0.25, -0.2) is 0 Å². The van der Waals surface area contributed by atoms with E-state index in [4.69, 9.17) is 9.47 Å². The molecule has 1 aliphatic rings. The quantitative estimate of drug-likeness (QED) is 0.216. The van der Waals surface area contributed by atoms with Crippen LogP contribution in [0.25, 0.3) is 0 Å². The summed E-state index contributed by atoms with van der Waals surface area (Å²) in [4.78, 5) is 24.8. The Morgan fingerprint density at radius 2 is 1.30 bits per heavy atom. The minimum Gasteiger partial charge on any atom is -0.465 e. The highest BCUT2D eigenvalue weighted by atomic mass is 16.5. The van der Waals surface area contributed by atoms with Crippen LogP contribution in [0.1, 0.15) is 91.4 Å². The summed E-state index contributed by atoms with van der Waals surface area (Å²) < 4.78 is 10.9. The molecular weight excluding hydrogens is 340 g/mol. The Bertz CT molecular complexity index is 442. The third-order valence-electron chi connectivity index (χ3n) is 5.22. The zero-order valence-corrected chi connectivity index (χ0v) is 17.7. The zero-order chi connectivity index (χ0) is 19.9. The maximum atomic E-state index is 12.4. The molecule has 0 saturated carbocycles. The molecule has 4 nitrogen and oxygen atoms in total. The van der Waals surface area contributed by atoms with Crippen molar-refractivity contribution >= 4 is 11.9 Å². The lowest BCUT2D eigenvalue weighted by Crippen LogP contribution is -2.34. The Hall–Kier alpha value is -1.32. The van der Waals surface area contributed by atoms with Crippen molar-refractivity contribution < 1.29 is 19.1 Å². The smallest absolute Gasteiger partial charge is 0.310 e. The van der Waals surface area contributed by atoms with Crippen molar-refractivity contribution in [1.29, 1.82) is 0 Å². The molecule has 1 aliphatic carbocycles. The minimum atomic E-state index is -0.395. The number of ether oxygens (including phenoxy) is 2. The van der Waals surface area contributed by atoms with Gasteiger partial charge in [-0.15, -0.1) is 0 Å². The van der Waals surface area contributed by atoms with Gasteiger partial charge >= 0.3 is 11.9 Å². The predicted octanol–water partition coefficient (Wildman–Crippen LogP) is 5.84. The molecule has 0 aliphatic heterocycles. The highest BCUT2D eigenvalue weighted by Gasteiger charge is 2.36. The van der Waals surface area contributed by atoms with Crippen molar-refractivity contribution in [3.8, 4) is 0 Å². The van der Waals surface area contributed by atoms with Gasteiger partial charge in [-0.2, -0.15) is 0 Å². The van der Waals surface area contributed by atoms with Crippen molar-refractivity contribution in [3.63, 3.8) is 0 Å². The number of carbonyl (C=O) groups is 2. The molecule has 0 bridgehead atoms. The topological polar surface area (TPSA) is 52.6 Å². The standard InChI is InChI=1S/C23H40O4/c1-4-5-6-7-8-9-10-13-17-26-22(24)20-14-11-12-15-21(20)23(25)27-18-16-19(2)3/h11-12,19-21H,4-10,13-18H2,1-3H3. The maximum absolute atomic E-state index is 12.4. The van der Waals surface area contributed by atoms with Gasteiger partial charge in [0.25, 0.3) is 0 Å². The van der Waals surface area contributed by atoms with Crippen LogP contribution in [-0.4, -0.2) is 25.2 Å². The number of rotatable bonds is 14. The highest BCUT2D eigenvalue weighted by molar-refractivity contribution is 5.82. The van der Waals surface area contributed by atoms with Gasteiger partial charge in [-0.05, 0) is 31.6 Å². The van der Waals surface area contributed by atoms with Crippen LogP contribution in [0, 0.1) is 17.8 Å². The molecule has 0 N–H and O–H groups in total. The molecule has 0 aromatic heterocycles. The molecule has 0 aromatic rings. The van der Waals surface area contributed by atoms with Crippen LogP contribution in [0.5, 0.6) is 0 Å². The SMILES string of the molecule is CCCCCCCCCCOC(=O)C1CC=CCC1C(=O)OCCC(C)C. The van der Waals surface area contributed by atoms with Gasteiger partial charge in [0.1, 0.15) is 0 Å². The monoisotopic (exact) mass is 380 g/mol. The number of allylic oxidation sites excluding steroid dienone is 2. The first kappa shape index (κ1) is 23.7. The lowest BCUT2D eigenvalue weighted by Gasteiger charge is -2.25. The molecule has 0 spiro atoms. The Balaban J connectivity index is 2.24. The number of esters is 2. The number of carbonyl (C=O) groups excluding carboxylic acids is 2. The Labute approximate surface area is 166 Å². The van der Waals surface area contributed by atoms with Crippen molar-refractivity contribution in [2.75, 3.05) is 13.2 Å². The summed E-state index contributed by atoms with van der Waals surface area (Å²) in [5, 5.41) is 0. The van der Waals surface area contributed by atoms with Gasteiger partial charge in [0.05, 0.1) is 25.0 Å². The van der Waals surface area contributed by atoms with Crippen molar-refractivity contribution in [2.24, 2.45) is 17.8 Å². The van der Waals surface area contributed by atoms with Crippen LogP contribution >= 0.6 is 0 Å². The van der Waals surface area contributed by atoms with Crippen LogP contribution < -0.4 is 0 Å². The lowest BCUT2D eigenvalue weighted by molar-refractivity contribution is -0.161. The molecule has 0 aromatic carbocycles. The van der Waals surface area contributed by atoms with Gasteiger partial charge in [-0.1, -0.05) is 77.9 Å². The Morgan fingerprint density at radius 1 is 0.815 bits per heavy atom. The summed E-state index contributed by atoms with van der Waals surface area (Å²) in [6.07, 6.45) is 15.7. The Kier molecular flexibility index (Phi) is 12.9. The largest absolute Gasteiger partial charge is 0.465 e. The van der Waals surface area contributed by atoms with E-state index in [0.29, 0.717) is 32.0 Å². The summed E-state index contributed by atoms with van der Waals surface area (Å²) in [6, 6.07) is 0. The molecule has 0 radical (unpaired) electrons. The summed E-state index contributed by atoms with van der Waals surface area (Å²) in [5.74, 6) is -0.789. The second kappa shape index (κ2) is 14.7. The molecule has 2 atom stereocenters. The van der Waals surface area contributed by atoms with Crippen LogP contribution in [0.3, 0.4) is 0 Å². The fraction of sp³-hybridized carbons (Fsp3) is 0.826. The normalized spacial score (nSPS) is 19.3. The molecule has 156 valence electrons. The first-order valence-corrected chi connectivity index (χ1v) is 11.0. The third kappa shape index (κ3) is 10.6. The molecule has 0 heterocycles. The number of hydrogen-bond acceptors (Lipinski definition) is 4. The minimum absolute atomic E-state index is 0.242. The first-order valence-electron chi connectivity index (χ1n) is 11.0. The van der Waals surface area contributed by atoms with E-state index in [-0.39, 0.29) is 11.9 Å². The fourth-order valence-corrected chi connectivity index (χ4v) is 3.35. The van der Waals surface area contributed by atoms with E-state index >= 15 is 0 Å². The molecule has 2 unspecified atom stereocenters. The molecule has 27 heavy (non-hydrogen) atoms. The average Bonchev–Trinajstić information content (AvgIpc) is 2.66. The molecule has 0 fully saturated rings. The molecule has 1 rings (SSSR count). The molecule has 4 heteroatoms.